The summed E-state index contributed by atoms with van der Waals surface area (Å²) in [5, 5.41) is 4.12. The summed E-state index contributed by atoms with van der Waals surface area (Å²) in [6, 6.07) is 27.7. The van der Waals surface area contributed by atoms with Gasteiger partial charge >= 0.3 is 0 Å². The van der Waals surface area contributed by atoms with E-state index < -0.39 is 11.8 Å². The number of carbonyl (C=O) groups excluding carboxylic acids is 2. The van der Waals surface area contributed by atoms with Gasteiger partial charge in [-0.25, -0.2) is 9.88 Å². The van der Waals surface area contributed by atoms with Gasteiger partial charge in [-0.05, 0) is 48.5 Å². The van der Waals surface area contributed by atoms with E-state index in [1.165, 1.54) is 4.90 Å². The Hall–Kier alpha value is -3.77. The molecule has 1 aliphatic rings. The highest BCUT2D eigenvalue weighted by Gasteiger charge is 2.40. The van der Waals surface area contributed by atoms with Crippen LogP contribution in [-0.4, -0.2) is 16.8 Å². The molecule has 0 fully saturated rings. The molecule has 1 N–H and O–H groups in total. The Morgan fingerprint density at radius 1 is 0.742 bits per heavy atom. The highest BCUT2D eigenvalue weighted by Crippen LogP contribution is 2.33. The number of para-hydroxylation sites is 2. The lowest BCUT2D eigenvalue weighted by atomic mass is 10.1. The Bertz CT molecular complexity index is 1350. The first-order valence-corrected chi connectivity index (χ1v) is 10.5. The van der Waals surface area contributed by atoms with Crippen LogP contribution >= 0.6 is 15.9 Å². The third-order valence-corrected chi connectivity index (χ3v) is 5.60. The molecule has 0 bridgehead atoms. The molecule has 0 atom stereocenters. The molecule has 4 aromatic rings. The Morgan fingerprint density at radius 2 is 1.45 bits per heavy atom. The summed E-state index contributed by atoms with van der Waals surface area (Å²) in [4.78, 5) is 32.7. The second-order valence-corrected chi connectivity index (χ2v) is 7.97. The van der Waals surface area contributed by atoms with Gasteiger partial charge in [0.2, 0.25) is 0 Å². The summed E-state index contributed by atoms with van der Waals surface area (Å²) in [5.74, 6) is -0.817. The zero-order chi connectivity index (χ0) is 21.4. The average Bonchev–Trinajstić information content (AvgIpc) is 3.04. The van der Waals surface area contributed by atoms with Crippen molar-refractivity contribution >= 4 is 55.6 Å². The first-order valence-electron chi connectivity index (χ1n) is 9.69. The van der Waals surface area contributed by atoms with Gasteiger partial charge in [0.05, 0.1) is 22.5 Å². The number of halogens is 1. The molecule has 2 amide bonds. The van der Waals surface area contributed by atoms with Crippen molar-refractivity contribution in [2.75, 3.05) is 10.2 Å². The average molecular weight is 470 g/mol. The molecule has 0 unspecified atom stereocenters. The second-order valence-electron chi connectivity index (χ2n) is 7.05. The van der Waals surface area contributed by atoms with Gasteiger partial charge in [-0.3, -0.25) is 9.59 Å². The summed E-state index contributed by atoms with van der Waals surface area (Å²) in [5.41, 5.74) is 2.89. The summed E-state index contributed by atoms with van der Waals surface area (Å²) in [6.45, 7) is 0. The fraction of sp³-hybridized carbons (Fsp3) is 0. The lowest BCUT2D eigenvalue weighted by molar-refractivity contribution is -0.120. The van der Waals surface area contributed by atoms with Crippen molar-refractivity contribution in [3.63, 3.8) is 0 Å². The first-order chi connectivity index (χ1) is 15.1. The molecule has 1 aliphatic heterocycles. The number of anilines is 2. The van der Waals surface area contributed by atoms with Gasteiger partial charge in [-0.1, -0.05) is 58.4 Å². The van der Waals surface area contributed by atoms with Crippen molar-refractivity contribution in [3.8, 4) is 0 Å². The van der Waals surface area contributed by atoms with E-state index in [9.17, 15) is 9.59 Å². The molecule has 5 rings (SSSR count). The van der Waals surface area contributed by atoms with Crippen molar-refractivity contribution in [2.45, 2.75) is 0 Å². The Balaban J connectivity index is 1.65. The summed E-state index contributed by atoms with van der Waals surface area (Å²) >= 11 is 3.41. The van der Waals surface area contributed by atoms with Crippen molar-refractivity contribution in [1.82, 2.24) is 4.98 Å². The second kappa shape index (κ2) is 7.81. The lowest BCUT2D eigenvalue weighted by Crippen LogP contribution is -2.32. The van der Waals surface area contributed by atoms with Crippen LogP contribution in [0.1, 0.15) is 5.69 Å². The Morgan fingerprint density at radius 3 is 2.23 bits per heavy atom. The zero-order valence-electron chi connectivity index (χ0n) is 16.2. The van der Waals surface area contributed by atoms with E-state index in [4.69, 9.17) is 0 Å². The van der Waals surface area contributed by atoms with Crippen LogP contribution in [0.5, 0.6) is 0 Å². The fourth-order valence-electron chi connectivity index (χ4n) is 3.58. The smallest absolute Gasteiger partial charge is 0.282 e. The van der Waals surface area contributed by atoms with E-state index in [2.05, 4.69) is 26.2 Å². The van der Waals surface area contributed by atoms with Crippen molar-refractivity contribution in [2.24, 2.45) is 0 Å². The van der Waals surface area contributed by atoms with Gasteiger partial charge in [0.25, 0.3) is 11.8 Å². The normalized spacial score (nSPS) is 13.9. The van der Waals surface area contributed by atoms with E-state index in [0.29, 0.717) is 17.1 Å². The van der Waals surface area contributed by atoms with Gasteiger partial charge in [0, 0.05) is 15.5 Å². The number of hydrogen-bond donors (Lipinski definition) is 1. The maximum atomic E-state index is 13.5. The van der Waals surface area contributed by atoms with Crippen molar-refractivity contribution < 1.29 is 9.59 Å². The molecule has 0 saturated heterocycles. The maximum absolute atomic E-state index is 13.5. The summed E-state index contributed by atoms with van der Waals surface area (Å²) in [7, 11) is 0. The van der Waals surface area contributed by atoms with Gasteiger partial charge in [-0.15, -0.1) is 0 Å². The number of benzene rings is 3. The molecule has 5 nitrogen and oxygen atoms in total. The number of aromatic nitrogens is 1. The Labute approximate surface area is 187 Å². The molecule has 0 saturated carbocycles. The molecule has 150 valence electrons. The highest BCUT2D eigenvalue weighted by molar-refractivity contribution is 9.10. The molecule has 2 heterocycles. The lowest BCUT2D eigenvalue weighted by Gasteiger charge is -2.15. The minimum absolute atomic E-state index is 0.207. The number of carbonyl (C=O) groups is 2. The number of amides is 2. The highest BCUT2D eigenvalue weighted by atomic mass is 79.9. The van der Waals surface area contributed by atoms with Crippen molar-refractivity contribution in [1.29, 1.82) is 0 Å². The molecule has 0 radical (unpaired) electrons. The standard InChI is InChI=1S/C25H16BrN3O2/c26-17-11-13-18(14-12-17)27-23-22(21-15-10-16-6-4-5-9-20(16)28-21)24(30)29(25(23)31)19-7-2-1-3-8-19/h1-15,27H. The maximum Gasteiger partial charge on any atom is 0.282 e. The van der Waals surface area contributed by atoms with Crippen LogP contribution in [0.4, 0.5) is 11.4 Å². The number of fused-ring (bicyclic) bond motifs is 1. The number of pyridine rings is 1. The fourth-order valence-corrected chi connectivity index (χ4v) is 3.84. The molecule has 6 heteroatoms. The third-order valence-electron chi connectivity index (χ3n) is 5.07. The largest absolute Gasteiger partial charge is 0.350 e. The third kappa shape index (κ3) is 3.51. The van der Waals surface area contributed by atoms with Crippen LogP contribution in [0.25, 0.3) is 16.5 Å². The molecular weight excluding hydrogens is 454 g/mol. The minimum atomic E-state index is -0.413. The van der Waals surface area contributed by atoms with Crippen LogP contribution < -0.4 is 10.2 Å². The van der Waals surface area contributed by atoms with Gasteiger partial charge in [0.15, 0.2) is 0 Å². The molecular formula is C25H16BrN3O2. The number of nitrogens with one attached hydrogen (secondary N) is 1. The predicted molar refractivity (Wildman–Crippen MR) is 125 cm³/mol. The van der Waals surface area contributed by atoms with Crippen LogP contribution in [0.15, 0.2) is 101 Å². The van der Waals surface area contributed by atoms with E-state index in [1.54, 1.807) is 30.3 Å². The summed E-state index contributed by atoms with van der Waals surface area (Å²) < 4.78 is 0.920. The van der Waals surface area contributed by atoms with Gasteiger partial charge in [0.1, 0.15) is 5.70 Å². The first kappa shape index (κ1) is 19.2. The number of hydrogen-bond acceptors (Lipinski definition) is 4. The monoisotopic (exact) mass is 469 g/mol. The molecule has 1 aromatic heterocycles. The number of nitrogens with zero attached hydrogens (tertiary/aromatic N) is 2. The molecule has 31 heavy (non-hydrogen) atoms. The van der Waals surface area contributed by atoms with E-state index in [0.717, 1.165) is 15.4 Å². The quantitative estimate of drug-likeness (QED) is 0.406. The van der Waals surface area contributed by atoms with Crippen molar-refractivity contribution in [3.05, 3.63) is 107 Å². The van der Waals surface area contributed by atoms with Crippen LogP contribution in [0, 0.1) is 0 Å². The number of imide groups is 1. The molecule has 3 aromatic carbocycles. The minimum Gasteiger partial charge on any atom is -0.350 e. The number of rotatable bonds is 4. The topological polar surface area (TPSA) is 62.3 Å². The SMILES string of the molecule is O=C1C(Nc2ccc(Br)cc2)=C(c2ccc3ccccc3n2)C(=O)N1c1ccccc1. The molecule has 0 spiro atoms. The Kier molecular flexibility index (Phi) is 4.84. The molecule has 0 aliphatic carbocycles. The zero-order valence-corrected chi connectivity index (χ0v) is 17.8. The van der Waals surface area contributed by atoms with E-state index in [1.807, 2.05) is 60.7 Å². The van der Waals surface area contributed by atoms with Crippen LogP contribution in [0.3, 0.4) is 0 Å². The van der Waals surface area contributed by atoms with Crippen LogP contribution in [0.2, 0.25) is 0 Å². The van der Waals surface area contributed by atoms with Gasteiger partial charge in [-0.2, -0.15) is 0 Å². The van der Waals surface area contributed by atoms with E-state index in [-0.39, 0.29) is 11.3 Å². The van der Waals surface area contributed by atoms with Gasteiger partial charge < -0.3 is 5.32 Å². The van der Waals surface area contributed by atoms with Crippen LogP contribution in [-0.2, 0) is 9.59 Å². The van der Waals surface area contributed by atoms with E-state index >= 15 is 0 Å². The summed E-state index contributed by atoms with van der Waals surface area (Å²) in [6.07, 6.45) is 0. The predicted octanol–water partition coefficient (Wildman–Crippen LogP) is 5.39.